The van der Waals surface area contributed by atoms with Crippen molar-refractivity contribution in [2.45, 2.75) is 59.3 Å². The Bertz CT molecular complexity index is 31.1. The van der Waals surface area contributed by atoms with Gasteiger partial charge in [0, 0.05) is 17.1 Å². The maximum Gasteiger partial charge on any atom is 0 e. The van der Waals surface area contributed by atoms with E-state index in [-0.39, 0.29) is 39.4 Å². The maximum atomic E-state index is 3.60. The smallest absolute Gasteiger partial charge is 0 e. The topological polar surface area (TPSA) is 0 Å². The Morgan fingerprint density at radius 1 is 0.667 bits per heavy atom. The average molecular weight is 305 g/mol. The minimum Gasteiger partial charge on any atom is -0.343 e. The van der Waals surface area contributed by atoms with Crippen molar-refractivity contribution >= 4 is 22.3 Å². The van der Waals surface area contributed by atoms with Gasteiger partial charge in [-0.3, -0.25) is 0 Å². The van der Waals surface area contributed by atoms with E-state index < -0.39 is 0 Å². The first-order valence-corrected chi connectivity index (χ1v) is 5.12. The van der Waals surface area contributed by atoms with Crippen LogP contribution in [0.15, 0.2) is 0 Å². The second-order valence-electron chi connectivity index (χ2n) is 2.56. The Kier molecular flexibility index (Phi) is 141. The van der Waals surface area contributed by atoms with Crippen molar-refractivity contribution in [1.29, 1.82) is 0 Å². The van der Waals surface area contributed by atoms with Crippen molar-refractivity contribution in [3.63, 3.8) is 0 Å². The molecule has 15 heavy (non-hydrogen) atoms. The minimum absolute atomic E-state index is 0. The van der Waals surface area contributed by atoms with Crippen LogP contribution in [0.4, 0.5) is 0 Å². The van der Waals surface area contributed by atoms with Crippen molar-refractivity contribution in [3.8, 4) is 0 Å². The number of unbranched alkanes of at least 4 members (excludes halogenated alkanes) is 3. The van der Waals surface area contributed by atoms with Crippen LogP contribution in [0, 0.1) is 20.8 Å². The molecule has 0 nitrogen and oxygen atoms in total. The van der Waals surface area contributed by atoms with Crippen LogP contribution >= 0.6 is 22.3 Å². The van der Waals surface area contributed by atoms with Gasteiger partial charge >= 0.3 is 0 Å². The molecule has 0 aromatic heterocycles. The average Bonchev–Trinajstić information content (AvgIpc) is 2.18. The molecule has 0 aromatic carbocycles. The van der Waals surface area contributed by atoms with Crippen LogP contribution in [0.3, 0.4) is 0 Å². The van der Waals surface area contributed by atoms with Crippen LogP contribution in [-0.4, -0.2) is 0 Å². The van der Waals surface area contributed by atoms with Crippen molar-refractivity contribution < 1.29 is 17.1 Å². The predicted octanol–water partition coefficient (Wildman–Crippen LogP) is 5.34. The fourth-order valence-electron chi connectivity index (χ4n) is 0. The largest absolute Gasteiger partial charge is 0.343 e. The molecule has 0 fully saturated rings. The SMILES string of the molecule is Cl.P.[CH2-]CCC.[CH2-]CCC.[CH2-]CCC.[Cu]. The monoisotopic (exact) mass is 304 g/mol. The van der Waals surface area contributed by atoms with Gasteiger partial charge in [0.25, 0.3) is 0 Å². The van der Waals surface area contributed by atoms with Gasteiger partial charge in [0.1, 0.15) is 0 Å². The minimum atomic E-state index is 0. The zero-order chi connectivity index (χ0) is 10.2. The molecule has 0 spiro atoms. The molecular weight excluding hydrogens is 274 g/mol. The molecule has 105 valence electrons. The molecule has 0 rings (SSSR count). The zero-order valence-electron chi connectivity index (χ0n) is 10.8. The molecule has 0 saturated carbocycles. The number of rotatable bonds is 3. The summed E-state index contributed by atoms with van der Waals surface area (Å²) in [5.41, 5.74) is 0. The van der Waals surface area contributed by atoms with Gasteiger partial charge < -0.3 is 20.8 Å². The van der Waals surface area contributed by atoms with Gasteiger partial charge in [-0.05, 0) is 0 Å². The molecule has 0 amide bonds. The molecule has 3 heteroatoms. The van der Waals surface area contributed by atoms with Crippen molar-refractivity contribution in [3.05, 3.63) is 20.8 Å². The molecule has 0 heterocycles. The number of hydrogen-bond donors (Lipinski definition) is 0. The van der Waals surface area contributed by atoms with Gasteiger partial charge in [0.15, 0.2) is 0 Å². The fraction of sp³-hybridized carbons (Fsp3) is 0.750. The molecular formula is C12H31ClCuP-3. The first-order valence-electron chi connectivity index (χ1n) is 5.12. The summed E-state index contributed by atoms with van der Waals surface area (Å²) < 4.78 is 0. The second kappa shape index (κ2) is 59.0. The van der Waals surface area contributed by atoms with Gasteiger partial charge in [-0.25, -0.2) is 0 Å². The summed E-state index contributed by atoms with van der Waals surface area (Å²) in [7, 11) is 0. The molecule has 0 saturated heterocycles. The third kappa shape index (κ3) is 149. The summed E-state index contributed by atoms with van der Waals surface area (Å²) in [6.45, 7) is 17.2. The molecule has 0 N–H and O–H groups in total. The van der Waals surface area contributed by atoms with Crippen molar-refractivity contribution in [1.82, 2.24) is 0 Å². The van der Waals surface area contributed by atoms with E-state index in [0.717, 1.165) is 19.3 Å². The number of hydrogen-bond acceptors (Lipinski definition) is 0. The quantitative estimate of drug-likeness (QED) is 0.375. The summed E-state index contributed by atoms with van der Waals surface area (Å²) >= 11 is 0. The van der Waals surface area contributed by atoms with Gasteiger partial charge in [-0.2, -0.15) is 29.2 Å². The van der Waals surface area contributed by atoms with Gasteiger partial charge in [0.2, 0.25) is 0 Å². The maximum absolute atomic E-state index is 3.60. The predicted molar refractivity (Wildman–Crippen MR) is 79.1 cm³/mol. The summed E-state index contributed by atoms with van der Waals surface area (Å²) in [5.74, 6) is 0. The van der Waals surface area contributed by atoms with Crippen LogP contribution in [0.2, 0.25) is 0 Å². The van der Waals surface area contributed by atoms with Gasteiger partial charge in [-0.15, -0.1) is 12.4 Å². The standard InChI is InChI=1S/3C4H9.ClH.Cu.H3P/c3*1-3-4-2;;;/h3*1,3-4H2,2H3;1H;;1H3/q3*-1;;;. The van der Waals surface area contributed by atoms with E-state index in [4.69, 9.17) is 0 Å². The van der Waals surface area contributed by atoms with Crippen molar-refractivity contribution in [2.24, 2.45) is 0 Å². The molecule has 1 radical (unpaired) electrons. The Labute approximate surface area is 119 Å². The molecule has 0 aromatic rings. The number of halogens is 1. The van der Waals surface area contributed by atoms with E-state index in [1.54, 1.807) is 0 Å². The zero-order valence-corrected chi connectivity index (χ0v) is 14.0. The van der Waals surface area contributed by atoms with Crippen LogP contribution in [0.25, 0.3) is 0 Å². The third-order valence-corrected chi connectivity index (χ3v) is 1.06. The van der Waals surface area contributed by atoms with E-state index in [9.17, 15) is 0 Å². The van der Waals surface area contributed by atoms with E-state index in [1.807, 2.05) is 0 Å². The summed E-state index contributed by atoms with van der Waals surface area (Å²) in [6, 6.07) is 0. The molecule has 0 bridgehead atoms. The Morgan fingerprint density at radius 2 is 0.733 bits per heavy atom. The van der Waals surface area contributed by atoms with E-state index in [1.165, 1.54) is 19.3 Å². The molecule has 0 aliphatic rings. The summed E-state index contributed by atoms with van der Waals surface area (Å²) in [5, 5.41) is 0. The van der Waals surface area contributed by atoms with Crippen LogP contribution in [-0.2, 0) is 17.1 Å². The van der Waals surface area contributed by atoms with E-state index in [0.29, 0.717) is 0 Å². The third-order valence-electron chi connectivity index (χ3n) is 1.06. The Morgan fingerprint density at radius 3 is 0.733 bits per heavy atom. The van der Waals surface area contributed by atoms with Gasteiger partial charge in [-0.1, -0.05) is 40.0 Å². The van der Waals surface area contributed by atoms with Crippen LogP contribution in [0.1, 0.15) is 59.3 Å². The van der Waals surface area contributed by atoms with Crippen LogP contribution < -0.4 is 0 Å². The Balaban J connectivity index is -0.0000000184. The molecule has 1 atom stereocenters. The van der Waals surface area contributed by atoms with Crippen LogP contribution in [0.5, 0.6) is 0 Å². The van der Waals surface area contributed by atoms with Gasteiger partial charge in [0.05, 0.1) is 0 Å². The second-order valence-corrected chi connectivity index (χ2v) is 2.56. The molecule has 0 aliphatic heterocycles. The fourth-order valence-corrected chi connectivity index (χ4v) is 0. The van der Waals surface area contributed by atoms with Crippen molar-refractivity contribution in [2.75, 3.05) is 0 Å². The Hall–Kier alpha value is 1.24. The summed E-state index contributed by atoms with van der Waals surface area (Å²) in [4.78, 5) is 0. The molecule has 1 unspecified atom stereocenters. The first-order chi connectivity index (χ1) is 5.74. The first kappa shape index (κ1) is 36.0. The normalized spacial score (nSPS) is 6.00. The van der Waals surface area contributed by atoms with E-state index >= 15 is 0 Å². The molecule has 0 aliphatic carbocycles. The van der Waals surface area contributed by atoms with E-state index in [2.05, 4.69) is 41.5 Å². The summed E-state index contributed by atoms with van der Waals surface area (Å²) in [6.07, 6.45) is 6.83.